The van der Waals surface area contributed by atoms with Crippen molar-refractivity contribution >= 4 is 21.2 Å². The summed E-state index contributed by atoms with van der Waals surface area (Å²) in [4.78, 5) is 5.40. The van der Waals surface area contributed by atoms with Gasteiger partial charge in [-0.05, 0) is 54.2 Å². The third-order valence-electron chi connectivity index (χ3n) is 7.71. The molecule has 0 amide bonds. The third-order valence-corrected chi connectivity index (χ3v) is 11.1. The number of alkyl halides is 7. The third kappa shape index (κ3) is 4.15. The molecular weight excluding hydrogens is 592 g/mol. The molecule has 5 nitrogen and oxygen atoms in total. The van der Waals surface area contributed by atoms with Crippen LogP contribution < -0.4 is 0 Å². The molecule has 1 aromatic heterocycles. The number of halogens is 8. The van der Waals surface area contributed by atoms with Gasteiger partial charge in [-0.15, -0.1) is 11.3 Å². The Labute approximate surface area is 227 Å². The van der Waals surface area contributed by atoms with E-state index < -0.39 is 56.1 Å². The van der Waals surface area contributed by atoms with Crippen LogP contribution in [-0.2, 0) is 26.7 Å². The maximum absolute atomic E-state index is 14.9. The van der Waals surface area contributed by atoms with Crippen LogP contribution in [0.2, 0.25) is 0 Å². The molecular formula is C25H20F8N2O3S2. The molecule has 5 rings (SSSR count). The van der Waals surface area contributed by atoms with Gasteiger partial charge in [-0.2, -0.15) is 26.3 Å². The van der Waals surface area contributed by atoms with Crippen LogP contribution in [0.25, 0.3) is 0 Å². The lowest BCUT2D eigenvalue weighted by atomic mass is 9.75. The van der Waals surface area contributed by atoms with Gasteiger partial charge in [-0.3, -0.25) is 9.88 Å². The van der Waals surface area contributed by atoms with E-state index in [1.165, 1.54) is 16.6 Å². The predicted octanol–water partition coefficient (Wildman–Crippen LogP) is 5.81. The van der Waals surface area contributed by atoms with E-state index in [4.69, 9.17) is 0 Å². The maximum atomic E-state index is 14.9. The SMILES string of the molecule is O=S(=O)(c1ccc(F)cc1)C12CN(C(O)c3cncs3)CC1CCc1cc(C(F)(C(F)(F)F)C(F)(F)F)ccc12. The number of aliphatic hydroxyl groups excluding tert-OH is 1. The lowest BCUT2D eigenvalue weighted by Gasteiger charge is -2.41. The second-order valence-corrected chi connectivity index (χ2v) is 12.9. The first-order valence-electron chi connectivity index (χ1n) is 11.8. The maximum Gasteiger partial charge on any atom is 0.435 e. The van der Waals surface area contributed by atoms with Crippen molar-refractivity contribution in [3.8, 4) is 0 Å². The molecule has 1 saturated heterocycles. The second kappa shape index (κ2) is 9.46. The molecule has 1 fully saturated rings. The minimum absolute atomic E-state index is 0.000109. The molecule has 0 radical (unpaired) electrons. The van der Waals surface area contributed by atoms with Crippen molar-refractivity contribution in [2.45, 2.75) is 46.7 Å². The minimum atomic E-state index is -6.34. The molecule has 0 spiro atoms. The molecule has 216 valence electrons. The van der Waals surface area contributed by atoms with Crippen molar-refractivity contribution in [1.29, 1.82) is 0 Å². The summed E-state index contributed by atoms with van der Waals surface area (Å²) in [5.74, 6) is -1.49. The molecule has 1 N–H and O–H groups in total. The van der Waals surface area contributed by atoms with E-state index in [-0.39, 0.29) is 42.0 Å². The Morgan fingerprint density at radius 1 is 1.02 bits per heavy atom. The zero-order valence-corrected chi connectivity index (χ0v) is 21.8. The van der Waals surface area contributed by atoms with Crippen molar-refractivity contribution < 1.29 is 48.6 Å². The molecule has 2 aliphatic rings. The number of likely N-dealkylation sites (tertiary alicyclic amines) is 1. The molecule has 2 aromatic carbocycles. The predicted molar refractivity (Wildman–Crippen MR) is 127 cm³/mol. The molecule has 40 heavy (non-hydrogen) atoms. The van der Waals surface area contributed by atoms with Gasteiger partial charge >= 0.3 is 18.0 Å². The highest BCUT2D eigenvalue weighted by Crippen LogP contribution is 2.57. The van der Waals surface area contributed by atoms with E-state index in [2.05, 4.69) is 4.98 Å². The van der Waals surface area contributed by atoms with Gasteiger partial charge in [-0.1, -0.05) is 18.2 Å². The Balaban J connectivity index is 1.70. The molecule has 3 atom stereocenters. The summed E-state index contributed by atoms with van der Waals surface area (Å²) in [6.45, 7) is -0.374. The fraction of sp³-hybridized carbons (Fsp3) is 0.400. The first-order chi connectivity index (χ1) is 18.5. The van der Waals surface area contributed by atoms with E-state index >= 15 is 0 Å². The summed E-state index contributed by atoms with van der Waals surface area (Å²) in [6.07, 6.45) is -12.7. The Morgan fingerprint density at radius 3 is 2.25 bits per heavy atom. The van der Waals surface area contributed by atoms with Crippen LogP contribution in [-0.4, -0.2) is 48.9 Å². The number of sulfone groups is 1. The van der Waals surface area contributed by atoms with Gasteiger partial charge in [0, 0.05) is 24.8 Å². The first kappa shape index (κ1) is 28.9. The normalized spacial score (nSPS) is 23.1. The number of aryl methyl sites for hydroxylation is 1. The minimum Gasteiger partial charge on any atom is -0.373 e. The number of aliphatic hydroxyl groups is 1. The largest absolute Gasteiger partial charge is 0.435 e. The van der Waals surface area contributed by atoms with Crippen LogP contribution in [0.5, 0.6) is 0 Å². The zero-order chi connectivity index (χ0) is 29.3. The van der Waals surface area contributed by atoms with Gasteiger partial charge < -0.3 is 5.11 Å². The van der Waals surface area contributed by atoms with Gasteiger partial charge in [0.15, 0.2) is 9.84 Å². The highest BCUT2D eigenvalue weighted by atomic mass is 32.2. The summed E-state index contributed by atoms with van der Waals surface area (Å²) in [5.41, 5.74) is -6.22. The van der Waals surface area contributed by atoms with E-state index in [1.807, 2.05) is 0 Å². The fourth-order valence-corrected chi connectivity index (χ4v) is 8.80. The standard InChI is InChI=1S/C25H20F8N2O3S2/c26-17-4-6-18(7-5-17)40(37,38)22-12-35(21(36)20-10-34-13-39-20)11-16(22)2-1-14-9-15(3-8-19(14)22)23(27,24(28,29)30)25(31,32)33/h3-10,13,16,21,36H,1-2,11-12H2. The Hall–Kier alpha value is -2.62. The van der Waals surface area contributed by atoms with Crippen molar-refractivity contribution in [2.75, 3.05) is 13.1 Å². The molecule has 1 aliphatic heterocycles. The van der Waals surface area contributed by atoms with Gasteiger partial charge in [-0.25, -0.2) is 17.2 Å². The summed E-state index contributed by atoms with van der Waals surface area (Å²) < 4.78 is 136. The average molecular weight is 613 g/mol. The Morgan fingerprint density at radius 2 is 1.68 bits per heavy atom. The quantitative estimate of drug-likeness (QED) is 0.291. The highest BCUT2D eigenvalue weighted by molar-refractivity contribution is 7.92. The fourth-order valence-electron chi connectivity index (χ4n) is 5.79. The smallest absolute Gasteiger partial charge is 0.373 e. The lowest BCUT2D eigenvalue weighted by molar-refractivity contribution is -0.348. The monoisotopic (exact) mass is 612 g/mol. The number of hydrogen-bond acceptors (Lipinski definition) is 6. The van der Waals surface area contributed by atoms with Crippen LogP contribution in [0.3, 0.4) is 0 Å². The number of thiazole rings is 1. The molecule has 0 bridgehead atoms. The highest BCUT2D eigenvalue weighted by Gasteiger charge is 2.73. The molecule has 3 aromatic rings. The number of benzene rings is 2. The van der Waals surface area contributed by atoms with Crippen LogP contribution in [0.4, 0.5) is 35.1 Å². The number of hydrogen-bond donors (Lipinski definition) is 1. The Kier molecular flexibility index (Phi) is 6.83. The van der Waals surface area contributed by atoms with Gasteiger partial charge in [0.05, 0.1) is 15.3 Å². The van der Waals surface area contributed by atoms with Crippen molar-refractivity contribution in [3.63, 3.8) is 0 Å². The molecule has 0 saturated carbocycles. The summed E-state index contributed by atoms with van der Waals surface area (Å²) in [7, 11) is -4.50. The molecule has 15 heteroatoms. The van der Waals surface area contributed by atoms with E-state index in [9.17, 15) is 48.6 Å². The summed E-state index contributed by atoms with van der Waals surface area (Å²) in [5, 5.41) is 11.0. The van der Waals surface area contributed by atoms with Crippen molar-refractivity contribution in [2.24, 2.45) is 5.92 Å². The number of fused-ring (bicyclic) bond motifs is 3. The Bertz CT molecular complexity index is 1490. The molecule has 3 unspecified atom stereocenters. The lowest BCUT2D eigenvalue weighted by Crippen LogP contribution is -2.51. The summed E-state index contributed by atoms with van der Waals surface area (Å²) >= 11 is 1.10. The topological polar surface area (TPSA) is 70.5 Å². The number of aromatic nitrogens is 1. The number of rotatable bonds is 5. The van der Waals surface area contributed by atoms with Crippen molar-refractivity contribution in [3.05, 3.63) is 81.6 Å². The van der Waals surface area contributed by atoms with Gasteiger partial charge in [0.2, 0.25) is 0 Å². The van der Waals surface area contributed by atoms with E-state index in [0.29, 0.717) is 17.0 Å². The molecule has 1 aliphatic carbocycles. The van der Waals surface area contributed by atoms with Gasteiger partial charge in [0.25, 0.3) is 0 Å². The number of nitrogens with zero attached hydrogens (tertiary/aromatic N) is 2. The van der Waals surface area contributed by atoms with Crippen LogP contribution in [0, 0.1) is 11.7 Å². The first-order valence-corrected chi connectivity index (χ1v) is 14.2. The van der Waals surface area contributed by atoms with Crippen LogP contribution >= 0.6 is 11.3 Å². The van der Waals surface area contributed by atoms with E-state index in [1.54, 1.807) is 0 Å². The van der Waals surface area contributed by atoms with E-state index in [0.717, 1.165) is 41.7 Å². The van der Waals surface area contributed by atoms with Crippen molar-refractivity contribution in [1.82, 2.24) is 9.88 Å². The summed E-state index contributed by atoms with van der Waals surface area (Å²) in [6, 6.07) is 5.39. The second-order valence-electron chi connectivity index (χ2n) is 9.82. The zero-order valence-electron chi connectivity index (χ0n) is 20.2. The van der Waals surface area contributed by atoms with Crippen LogP contribution in [0.1, 0.15) is 34.2 Å². The molecule has 2 heterocycles. The van der Waals surface area contributed by atoms with Gasteiger partial charge in [0.1, 0.15) is 16.8 Å². The van der Waals surface area contributed by atoms with Crippen LogP contribution in [0.15, 0.2) is 59.1 Å². The average Bonchev–Trinajstić information content (AvgIpc) is 3.55.